The number of hydrogen-bond acceptors (Lipinski definition) is 3. The van der Waals surface area contributed by atoms with Crippen LogP contribution in [-0.2, 0) is 6.54 Å². The maximum atomic E-state index is 13.2. The number of hydrogen-bond donors (Lipinski definition) is 1. The highest BCUT2D eigenvalue weighted by atomic mass is 19.1. The van der Waals surface area contributed by atoms with E-state index in [1.54, 1.807) is 0 Å². The fourth-order valence-electron chi connectivity index (χ4n) is 1.12. The summed E-state index contributed by atoms with van der Waals surface area (Å²) in [6.45, 7) is -0.233. The molecule has 0 radical (unpaired) electrons. The Morgan fingerprint density at radius 1 is 1.62 bits per heavy atom. The van der Waals surface area contributed by atoms with E-state index >= 15 is 0 Å². The topological polar surface area (TPSA) is 83.7 Å². The lowest BCUT2D eigenvalue weighted by Gasteiger charge is -2.12. The Hall–Kier alpha value is -2.18. The van der Waals surface area contributed by atoms with Gasteiger partial charge in [0.15, 0.2) is 0 Å². The lowest BCUT2D eigenvalue weighted by Crippen LogP contribution is -2.24. The molecule has 0 heterocycles. The van der Waals surface area contributed by atoms with Crippen molar-refractivity contribution in [2.75, 3.05) is 7.05 Å². The largest absolute Gasteiger partial charge is 0.465 e. The van der Waals surface area contributed by atoms with Crippen LogP contribution < -0.4 is 0 Å². The van der Waals surface area contributed by atoms with E-state index in [2.05, 4.69) is 0 Å². The number of non-ortho nitro benzene ring substituents is 1. The van der Waals surface area contributed by atoms with E-state index in [1.165, 1.54) is 7.05 Å². The molecule has 0 aliphatic rings. The summed E-state index contributed by atoms with van der Waals surface area (Å²) in [6.07, 6.45) is -1.23. The van der Waals surface area contributed by atoms with Gasteiger partial charge in [0.25, 0.3) is 5.69 Å². The number of carboxylic acid groups (broad SMARTS) is 1. The summed E-state index contributed by atoms with van der Waals surface area (Å²) in [5, 5.41) is 19.0. The molecule has 6 nitrogen and oxygen atoms in total. The van der Waals surface area contributed by atoms with Gasteiger partial charge in [-0.2, -0.15) is 0 Å². The third kappa shape index (κ3) is 2.66. The zero-order valence-electron chi connectivity index (χ0n) is 8.38. The number of nitrogens with zero attached hydrogens (tertiary/aromatic N) is 2. The molecule has 0 spiro atoms. The first-order valence-corrected chi connectivity index (χ1v) is 4.28. The number of rotatable bonds is 3. The van der Waals surface area contributed by atoms with Gasteiger partial charge in [0.1, 0.15) is 5.82 Å². The van der Waals surface area contributed by atoms with Crippen LogP contribution in [0.15, 0.2) is 18.2 Å². The minimum absolute atomic E-state index is 0.0286. The lowest BCUT2D eigenvalue weighted by atomic mass is 10.2. The van der Waals surface area contributed by atoms with Gasteiger partial charge in [-0.3, -0.25) is 10.1 Å². The maximum Gasteiger partial charge on any atom is 0.407 e. The van der Waals surface area contributed by atoms with Gasteiger partial charge in [-0.15, -0.1) is 0 Å². The van der Waals surface area contributed by atoms with Crippen LogP contribution in [0.4, 0.5) is 14.9 Å². The van der Waals surface area contributed by atoms with Crippen molar-refractivity contribution in [3.05, 3.63) is 39.7 Å². The summed E-state index contributed by atoms with van der Waals surface area (Å²) in [6, 6.07) is 3.00. The molecule has 0 bridgehead atoms. The predicted octanol–water partition coefficient (Wildman–Crippen LogP) is 1.84. The molecule has 0 aliphatic carbocycles. The zero-order chi connectivity index (χ0) is 12.3. The van der Waals surface area contributed by atoms with Crippen LogP contribution in [0.25, 0.3) is 0 Å². The Morgan fingerprint density at radius 2 is 2.25 bits per heavy atom. The minimum Gasteiger partial charge on any atom is -0.465 e. The molecule has 1 aromatic rings. The van der Waals surface area contributed by atoms with Gasteiger partial charge in [-0.1, -0.05) is 0 Å². The number of amides is 1. The first kappa shape index (κ1) is 11.9. The standard InChI is InChI=1S/C9H9FN2O4/c1-11(9(13)14)5-6-4-7(12(15)16)2-3-8(6)10/h2-4H,5H2,1H3,(H,13,14). The number of benzene rings is 1. The van der Waals surface area contributed by atoms with Crippen molar-refractivity contribution >= 4 is 11.8 Å². The monoisotopic (exact) mass is 228 g/mol. The fraction of sp³-hybridized carbons (Fsp3) is 0.222. The average molecular weight is 228 g/mol. The lowest BCUT2D eigenvalue weighted by molar-refractivity contribution is -0.385. The molecule has 1 rings (SSSR count). The SMILES string of the molecule is CN(Cc1cc([N+](=O)[O-])ccc1F)C(=O)O. The number of carbonyl (C=O) groups is 1. The second-order valence-electron chi connectivity index (χ2n) is 3.17. The van der Waals surface area contributed by atoms with Crippen molar-refractivity contribution in [3.63, 3.8) is 0 Å². The molecule has 0 atom stereocenters. The second kappa shape index (κ2) is 4.56. The molecule has 0 fully saturated rings. The van der Waals surface area contributed by atoms with E-state index in [0.29, 0.717) is 0 Å². The summed E-state index contributed by atoms with van der Waals surface area (Å²) in [7, 11) is 1.25. The first-order valence-electron chi connectivity index (χ1n) is 4.28. The van der Waals surface area contributed by atoms with E-state index in [1.807, 2.05) is 0 Å². The van der Waals surface area contributed by atoms with Crippen molar-refractivity contribution < 1.29 is 19.2 Å². The Morgan fingerprint density at radius 3 is 2.75 bits per heavy atom. The normalized spacial score (nSPS) is 9.88. The van der Waals surface area contributed by atoms with Crippen LogP contribution in [0.2, 0.25) is 0 Å². The van der Waals surface area contributed by atoms with Crippen LogP contribution in [0.5, 0.6) is 0 Å². The van der Waals surface area contributed by atoms with Crippen molar-refractivity contribution in [1.82, 2.24) is 4.90 Å². The summed E-state index contributed by atoms with van der Waals surface area (Å²) < 4.78 is 13.2. The van der Waals surface area contributed by atoms with Crippen molar-refractivity contribution in [1.29, 1.82) is 0 Å². The zero-order valence-corrected chi connectivity index (χ0v) is 8.38. The van der Waals surface area contributed by atoms with E-state index in [9.17, 15) is 19.3 Å². The molecule has 1 amide bonds. The van der Waals surface area contributed by atoms with Gasteiger partial charge >= 0.3 is 6.09 Å². The third-order valence-electron chi connectivity index (χ3n) is 1.97. The highest BCUT2D eigenvalue weighted by molar-refractivity contribution is 5.64. The number of nitro groups is 1. The summed E-state index contributed by atoms with van der Waals surface area (Å²) in [4.78, 5) is 21.1. The van der Waals surface area contributed by atoms with Crippen LogP contribution in [-0.4, -0.2) is 28.1 Å². The molecule has 0 aliphatic heterocycles. The van der Waals surface area contributed by atoms with Crippen LogP contribution in [0.3, 0.4) is 0 Å². The Balaban J connectivity index is 2.98. The average Bonchev–Trinajstić information content (AvgIpc) is 2.20. The maximum absolute atomic E-state index is 13.2. The Kier molecular flexibility index (Phi) is 3.39. The second-order valence-corrected chi connectivity index (χ2v) is 3.17. The van der Waals surface area contributed by atoms with Gasteiger partial charge < -0.3 is 10.0 Å². The highest BCUT2D eigenvalue weighted by Crippen LogP contribution is 2.17. The highest BCUT2D eigenvalue weighted by Gasteiger charge is 2.14. The van der Waals surface area contributed by atoms with Crippen LogP contribution in [0.1, 0.15) is 5.56 Å². The van der Waals surface area contributed by atoms with Gasteiger partial charge in [-0.25, -0.2) is 9.18 Å². The van der Waals surface area contributed by atoms with Crippen LogP contribution >= 0.6 is 0 Å². The van der Waals surface area contributed by atoms with Gasteiger partial charge in [0.05, 0.1) is 11.5 Å². The van der Waals surface area contributed by atoms with Crippen molar-refractivity contribution in [3.8, 4) is 0 Å². The van der Waals surface area contributed by atoms with Gasteiger partial charge in [-0.05, 0) is 6.07 Å². The Bertz CT molecular complexity index is 436. The molecule has 0 saturated heterocycles. The van der Waals surface area contributed by atoms with Crippen molar-refractivity contribution in [2.24, 2.45) is 0 Å². The van der Waals surface area contributed by atoms with Gasteiger partial charge in [0, 0.05) is 24.7 Å². The molecule has 86 valence electrons. The summed E-state index contributed by atoms with van der Waals surface area (Å²) in [5.74, 6) is -0.668. The number of nitro benzene ring substituents is 1. The quantitative estimate of drug-likeness (QED) is 0.632. The van der Waals surface area contributed by atoms with Crippen molar-refractivity contribution in [2.45, 2.75) is 6.54 Å². The molecule has 1 aromatic carbocycles. The molecule has 1 N–H and O–H groups in total. The van der Waals surface area contributed by atoms with E-state index < -0.39 is 16.8 Å². The molecule has 7 heteroatoms. The summed E-state index contributed by atoms with van der Waals surface area (Å²) >= 11 is 0. The smallest absolute Gasteiger partial charge is 0.407 e. The molecule has 16 heavy (non-hydrogen) atoms. The third-order valence-corrected chi connectivity index (χ3v) is 1.97. The Labute approximate surface area is 90.1 Å². The van der Waals surface area contributed by atoms with E-state index in [-0.39, 0.29) is 17.8 Å². The van der Waals surface area contributed by atoms with E-state index in [0.717, 1.165) is 23.1 Å². The fourth-order valence-corrected chi connectivity index (χ4v) is 1.12. The predicted molar refractivity (Wildman–Crippen MR) is 52.5 cm³/mol. The first-order chi connectivity index (χ1) is 7.41. The molecular formula is C9H9FN2O4. The molecular weight excluding hydrogens is 219 g/mol. The minimum atomic E-state index is -1.23. The van der Waals surface area contributed by atoms with Gasteiger partial charge in [0.2, 0.25) is 0 Å². The molecule has 0 aromatic heterocycles. The number of halogens is 1. The molecule has 0 saturated carbocycles. The molecule has 0 unspecified atom stereocenters. The summed E-state index contributed by atoms with van der Waals surface area (Å²) in [5.41, 5.74) is -0.297. The van der Waals surface area contributed by atoms with E-state index in [4.69, 9.17) is 5.11 Å². The van der Waals surface area contributed by atoms with Crippen LogP contribution in [0, 0.1) is 15.9 Å².